The summed E-state index contributed by atoms with van der Waals surface area (Å²) in [6, 6.07) is 5.68. The van der Waals surface area contributed by atoms with E-state index in [1.165, 1.54) is 0 Å². The quantitative estimate of drug-likeness (QED) is 0.397. The molecule has 1 aliphatic rings. The number of nitrogens with zero attached hydrogens (tertiary/aromatic N) is 1. The van der Waals surface area contributed by atoms with Crippen LogP contribution in [-0.4, -0.2) is 59.9 Å². The van der Waals surface area contributed by atoms with Gasteiger partial charge in [0.2, 0.25) is 11.8 Å². The van der Waals surface area contributed by atoms with E-state index in [1.807, 2.05) is 18.2 Å². The summed E-state index contributed by atoms with van der Waals surface area (Å²) in [5, 5.41) is 14.7. The highest BCUT2D eigenvalue weighted by Gasteiger charge is 2.27. The molecule has 2 rings (SSSR count). The third-order valence-corrected chi connectivity index (χ3v) is 6.54. The van der Waals surface area contributed by atoms with Crippen molar-refractivity contribution in [3.63, 3.8) is 0 Å². The van der Waals surface area contributed by atoms with Gasteiger partial charge in [-0.1, -0.05) is 61.9 Å². The molecule has 1 fully saturated rings. The van der Waals surface area contributed by atoms with Crippen molar-refractivity contribution >= 4 is 35.8 Å². The Morgan fingerprint density at radius 1 is 1.18 bits per heavy atom. The maximum Gasteiger partial charge on any atom is 0.405 e. The van der Waals surface area contributed by atoms with Crippen molar-refractivity contribution in [2.45, 2.75) is 69.9 Å². The minimum absolute atomic E-state index is 0.0857. The van der Waals surface area contributed by atoms with Gasteiger partial charge >= 0.3 is 6.09 Å². The molecular formula is C24H34ClN3O5. The average Bonchev–Trinajstić information content (AvgIpc) is 2.80. The van der Waals surface area contributed by atoms with Gasteiger partial charge in [-0.05, 0) is 36.8 Å². The van der Waals surface area contributed by atoms with E-state index in [-0.39, 0.29) is 24.7 Å². The normalized spacial score (nSPS) is 15.8. The molecule has 9 heteroatoms. The first-order valence-corrected chi connectivity index (χ1v) is 11.9. The Labute approximate surface area is 200 Å². The van der Waals surface area contributed by atoms with E-state index in [0.717, 1.165) is 37.7 Å². The van der Waals surface area contributed by atoms with Crippen LogP contribution >= 0.6 is 11.6 Å². The van der Waals surface area contributed by atoms with Crippen molar-refractivity contribution in [1.82, 2.24) is 15.5 Å². The van der Waals surface area contributed by atoms with Gasteiger partial charge in [-0.15, -0.1) is 0 Å². The van der Waals surface area contributed by atoms with Crippen LogP contribution in [0.1, 0.15) is 56.9 Å². The van der Waals surface area contributed by atoms with E-state index in [4.69, 9.17) is 16.7 Å². The number of hydrogen-bond acceptors (Lipinski definition) is 4. The van der Waals surface area contributed by atoms with Crippen LogP contribution in [0.15, 0.2) is 24.3 Å². The van der Waals surface area contributed by atoms with E-state index in [1.54, 1.807) is 18.0 Å². The Balaban J connectivity index is 1.82. The number of carbonyl (C=O) groups excluding carboxylic acids is 3. The standard InChI is InChI=1S/C24H34ClN3O5/c1-28(14-13-18-9-5-6-10-20(18)25)22(30)12-11-19(16-29)26-23(31)21(27-24(32)33)15-17-7-3-2-4-8-17/h5-6,9-10,16-17,19,21,27H,2-4,7-8,11-15H2,1H3,(H,26,31)(H,32,33)/t19-,21-/m0/s1. The van der Waals surface area contributed by atoms with E-state index < -0.39 is 24.1 Å². The summed E-state index contributed by atoms with van der Waals surface area (Å²) in [5.41, 5.74) is 0.951. The lowest BCUT2D eigenvalue weighted by atomic mass is 9.84. The van der Waals surface area contributed by atoms with Crippen molar-refractivity contribution in [2.75, 3.05) is 13.6 Å². The van der Waals surface area contributed by atoms with E-state index >= 15 is 0 Å². The van der Waals surface area contributed by atoms with E-state index in [9.17, 15) is 19.2 Å². The number of carbonyl (C=O) groups is 4. The van der Waals surface area contributed by atoms with Gasteiger partial charge in [-0.2, -0.15) is 0 Å². The van der Waals surface area contributed by atoms with Crippen molar-refractivity contribution in [3.05, 3.63) is 34.9 Å². The first-order chi connectivity index (χ1) is 15.8. The fraction of sp³-hybridized carbons (Fsp3) is 0.583. The highest BCUT2D eigenvalue weighted by Crippen LogP contribution is 2.27. The Bertz CT molecular complexity index is 813. The molecule has 1 aromatic rings. The lowest BCUT2D eigenvalue weighted by molar-refractivity contribution is -0.131. The fourth-order valence-corrected chi connectivity index (χ4v) is 4.41. The molecule has 0 radical (unpaired) electrons. The first kappa shape index (κ1) is 26.6. The number of aldehydes is 1. The molecule has 0 aliphatic heterocycles. The Hall–Kier alpha value is -2.61. The second-order valence-corrected chi connectivity index (χ2v) is 9.10. The van der Waals surface area contributed by atoms with Gasteiger partial charge in [0.1, 0.15) is 12.3 Å². The first-order valence-electron chi connectivity index (χ1n) is 11.5. The molecule has 182 valence electrons. The molecule has 1 saturated carbocycles. The van der Waals surface area contributed by atoms with Gasteiger partial charge in [-0.25, -0.2) is 4.79 Å². The number of halogens is 1. The second kappa shape index (κ2) is 13.8. The summed E-state index contributed by atoms with van der Waals surface area (Å²) in [4.78, 5) is 49.4. The molecule has 0 saturated heterocycles. The molecule has 3 amide bonds. The highest BCUT2D eigenvalue weighted by molar-refractivity contribution is 6.31. The van der Waals surface area contributed by atoms with Crippen LogP contribution in [0, 0.1) is 5.92 Å². The average molecular weight is 480 g/mol. The monoisotopic (exact) mass is 479 g/mol. The number of benzene rings is 1. The maximum atomic E-state index is 12.7. The second-order valence-electron chi connectivity index (χ2n) is 8.69. The molecule has 0 spiro atoms. The number of carboxylic acid groups (broad SMARTS) is 1. The van der Waals surface area contributed by atoms with Gasteiger partial charge in [0.05, 0.1) is 6.04 Å². The third kappa shape index (κ3) is 9.42. The topological polar surface area (TPSA) is 116 Å². The predicted molar refractivity (Wildman–Crippen MR) is 126 cm³/mol. The Morgan fingerprint density at radius 3 is 2.52 bits per heavy atom. The minimum atomic E-state index is -1.27. The van der Waals surface area contributed by atoms with Crippen LogP contribution < -0.4 is 10.6 Å². The zero-order valence-electron chi connectivity index (χ0n) is 19.1. The van der Waals surface area contributed by atoms with Gasteiger partial charge in [0.25, 0.3) is 0 Å². The van der Waals surface area contributed by atoms with Gasteiger partial charge in [0.15, 0.2) is 0 Å². The summed E-state index contributed by atoms with van der Waals surface area (Å²) in [6.45, 7) is 0.479. The molecule has 0 heterocycles. The molecule has 2 atom stereocenters. The summed E-state index contributed by atoms with van der Waals surface area (Å²) < 4.78 is 0. The summed E-state index contributed by atoms with van der Waals surface area (Å²) in [6.07, 6.45) is 5.83. The minimum Gasteiger partial charge on any atom is -0.465 e. The Morgan fingerprint density at radius 2 is 1.88 bits per heavy atom. The smallest absolute Gasteiger partial charge is 0.405 e. The molecule has 8 nitrogen and oxygen atoms in total. The van der Waals surface area contributed by atoms with Crippen LogP contribution in [0.25, 0.3) is 0 Å². The summed E-state index contributed by atoms with van der Waals surface area (Å²) in [5.74, 6) is -0.394. The molecule has 0 unspecified atom stereocenters. The van der Waals surface area contributed by atoms with Crippen LogP contribution in [0.5, 0.6) is 0 Å². The van der Waals surface area contributed by atoms with Gasteiger partial charge < -0.3 is 25.4 Å². The number of nitrogens with one attached hydrogen (secondary N) is 2. The predicted octanol–water partition coefficient (Wildman–Crippen LogP) is 3.41. The van der Waals surface area contributed by atoms with Crippen LogP contribution in [0.3, 0.4) is 0 Å². The number of hydrogen-bond donors (Lipinski definition) is 3. The third-order valence-electron chi connectivity index (χ3n) is 6.17. The van der Waals surface area contributed by atoms with Crippen LogP contribution in [0.2, 0.25) is 5.02 Å². The molecular weight excluding hydrogens is 446 g/mol. The van der Waals surface area contributed by atoms with Crippen LogP contribution in [-0.2, 0) is 20.8 Å². The van der Waals surface area contributed by atoms with Crippen LogP contribution in [0.4, 0.5) is 4.79 Å². The molecule has 0 bridgehead atoms. The van der Waals surface area contributed by atoms with Crippen molar-refractivity contribution in [3.8, 4) is 0 Å². The molecule has 3 N–H and O–H groups in total. The summed E-state index contributed by atoms with van der Waals surface area (Å²) in [7, 11) is 1.69. The molecule has 1 aliphatic carbocycles. The maximum absolute atomic E-state index is 12.7. The lowest BCUT2D eigenvalue weighted by Gasteiger charge is -2.26. The van der Waals surface area contributed by atoms with Gasteiger partial charge in [0, 0.05) is 25.0 Å². The van der Waals surface area contributed by atoms with Crippen molar-refractivity contribution < 1.29 is 24.3 Å². The van der Waals surface area contributed by atoms with Gasteiger partial charge in [-0.3, -0.25) is 9.59 Å². The lowest BCUT2D eigenvalue weighted by Crippen LogP contribution is -2.50. The molecule has 33 heavy (non-hydrogen) atoms. The molecule has 0 aromatic heterocycles. The van der Waals surface area contributed by atoms with E-state index in [2.05, 4.69) is 10.6 Å². The number of likely N-dealkylation sites (N-methyl/N-ethyl adjacent to an activating group) is 1. The fourth-order valence-electron chi connectivity index (χ4n) is 4.18. The van der Waals surface area contributed by atoms with Crippen molar-refractivity contribution in [1.29, 1.82) is 0 Å². The number of rotatable bonds is 12. The number of amides is 3. The van der Waals surface area contributed by atoms with Crippen molar-refractivity contribution in [2.24, 2.45) is 5.92 Å². The SMILES string of the molecule is CN(CCc1ccccc1Cl)C(=O)CC[C@@H](C=O)NC(=O)[C@H](CC1CCCCC1)NC(=O)O. The largest absolute Gasteiger partial charge is 0.465 e. The highest BCUT2D eigenvalue weighted by atomic mass is 35.5. The van der Waals surface area contributed by atoms with E-state index in [0.29, 0.717) is 30.7 Å². The zero-order chi connectivity index (χ0) is 24.2. The molecule has 1 aromatic carbocycles. The summed E-state index contributed by atoms with van der Waals surface area (Å²) >= 11 is 6.15. The zero-order valence-corrected chi connectivity index (χ0v) is 19.9. The Kier molecular flexibility index (Phi) is 11.2.